The Labute approximate surface area is 217 Å². The van der Waals surface area contributed by atoms with Crippen molar-refractivity contribution in [3.05, 3.63) is 108 Å². The van der Waals surface area contributed by atoms with Crippen molar-refractivity contribution in [2.75, 3.05) is 11.4 Å². The third-order valence-corrected chi connectivity index (χ3v) is 7.35. The molecule has 2 aromatic carbocycles. The predicted octanol–water partition coefficient (Wildman–Crippen LogP) is 6.11. The summed E-state index contributed by atoms with van der Waals surface area (Å²) < 4.78 is 7.93. The lowest BCUT2D eigenvalue weighted by molar-refractivity contribution is -0.120. The lowest BCUT2D eigenvalue weighted by Crippen LogP contribution is -2.47. The van der Waals surface area contributed by atoms with Crippen LogP contribution in [0.2, 0.25) is 0 Å². The molecule has 1 aliphatic heterocycles. The summed E-state index contributed by atoms with van der Waals surface area (Å²) in [6.45, 7) is 6.47. The molecule has 37 heavy (non-hydrogen) atoms. The zero-order chi connectivity index (χ0) is 25.7. The maximum Gasteiger partial charge on any atom is 0.254 e. The van der Waals surface area contributed by atoms with Crippen LogP contribution in [0, 0.1) is 0 Å². The fourth-order valence-corrected chi connectivity index (χ4v) is 5.23. The van der Waals surface area contributed by atoms with Gasteiger partial charge < -0.3 is 13.9 Å². The van der Waals surface area contributed by atoms with Gasteiger partial charge in [0.25, 0.3) is 5.91 Å². The minimum Gasteiger partial charge on any atom is -0.467 e. The van der Waals surface area contributed by atoms with E-state index >= 15 is 0 Å². The Morgan fingerprint density at radius 1 is 0.919 bits per heavy atom. The molecule has 1 fully saturated rings. The van der Waals surface area contributed by atoms with Crippen LogP contribution in [0.25, 0.3) is 5.69 Å². The van der Waals surface area contributed by atoms with Crippen LogP contribution in [0.3, 0.4) is 0 Å². The Morgan fingerprint density at radius 3 is 2.30 bits per heavy atom. The maximum atomic E-state index is 14.1. The molecule has 1 aliphatic carbocycles. The van der Waals surface area contributed by atoms with Gasteiger partial charge in [0.15, 0.2) is 0 Å². The van der Waals surface area contributed by atoms with Gasteiger partial charge in [-0.05, 0) is 72.4 Å². The largest absolute Gasteiger partial charge is 0.467 e. The molecule has 2 aliphatic rings. The maximum absolute atomic E-state index is 14.1. The number of carbonyl (C=O) groups is 2. The van der Waals surface area contributed by atoms with Crippen LogP contribution < -0.4 is 4.90 Å². The SMILES string of the molecule is CC(C)(C)c1ccc(C(=O)N(CC(=O)N2c3ccccc3-n3cccc3C2c2ccco2)C2CC2)cc1. The van der Waals surface area contributed by atoms with Gasteiger partial charge in [-0.15, -0.1) is 0 Å². The summed E-state index contributed by atoms with van der Waals surface area (Å²) in [5.74, 6) is 0.456. The summed E-state index contributed by atoms with van der Waals surface area (Å²) in [6.07, 6.45) is 5.47. The minimum absolute atomic E-state index is 0.00784. The Morgan fingerprint density at radius 2 is 1.65 bits per heavy atom. The van der Waals surface area contributed by atoms with Crippen molar-refractivity contribution in [2.45, 2.75) is 51.1 Å². The highest BCUT2D eigenvalue weighted by molar-refractivity contribution is 6.02. The van der Waals surface area contributed by atoms with E-state index in [9.17, 15) is 9.59 Å². The standard InChI is InChI=1S/C31H31N3O3/c1-31(2,3)22-14-12-21(13-15-22)30(36)33(23-16-17-23)20-28(35)34-25-9-5-4-8-24(25)32-18-6-10-26(32)29(34)27-11-7-19-37-27/h4-15,18-19,23,29H,16-17,20H2,1-3H3. The highest BCUT2D eigenvalue weighted by Crippen LogP contribution is 2.42. The van der Waals surface area contributed by atoms with Gasteiger partial charge in [0.05, 0.1) is 23.3 Å². The highest BCUT2D eigenvalue weighted by Gasteiger charge is 2.41. The smallest absolute Gasteiger partial charge is 0.254 e. The van der Waals surface area contributed by atoms with Crippen LogP contribution in [0.5, 0.6) is 0 Å². The summed E-state index contributed by atoms with van der Waals surface area (Å²) in [5, 5.41) is 0. The third kappa shape index (κ3) is 4.16. The first kappa shape index (κ1) is 23.3. The number of para-hydroxylation sites is 2. The molecule has 2 amide bonds. The van der Waals surface area contributed by atoms with Crippen molar-refractivity contribution in [3.63, 3.8) is 0 Å². The van der Waals surface area contributed by atoms with Crippen LogP contribution >= 0.6 is 0 Å². The summed E-state index contributed by atoms with van der Waals surface area (Å²) in [6, 6.07) is 23.1. The summed E-state index contributed by atoms with van der Waals surface area (Å²) in [5.41, 5.74) is 4.48. The van der Waals surface area contributed by atoms with Gasteiger partial charge >= 0.3 is 0 Å². The van der Waals surface area contributed by atoms with E-state index in [1.165, 1.54) is 5.56 Å². The molecule has 188 valence electrons. The quantitative estimate of drug-likeness (QED) is 0.337. The van der Waals surface area contributed by atoms with Crippen LogP contribution in [0.15, 0.2) is 89.7 Å². The highest BCUT2D eigenvalue weighted by atomic mass is 16.3. The first-order valence-corrected chi connectivity index (χ1v) is 12.9. The number of anilines is 1. The van der Waals surface area contributed by atoms with Gasteiger partial charge in [0.2, 0.25) is 5.91 Å². The number of hydrogen-bond acceptors (Lipinski definition) is 3. The normalized spacial score (nSPS) is 16.7. The second kappa shape index (κ2) is 8.80. The summed E-state index contributed by atoms with van der Waals surface area (Å²) in [4.78, 5) is 31.3. The van der Waals surface area contributed by atoms with Crippen molar-refractivity contribution in [3.8, 4) is 5.69 Å². The number of fused-ring (bicyclic) bond motifs is 3. The fourth-order valence-electron chi connectivity index (χ4n) is 5.23. The van der Waals surface area contributed by atoms with Gasteiger partial charge in [0, 0.05) is 17.8 Å². The van der Waals surface area contributed by atoms with Gasteiger partial charge in [-0.1, -0.05) is 45.0 Å². The molecule has 6 rings (SSSR count). The lowest BCUT2D eigenvalue weighted by Gasteiger charge is -2.38. The Bertz CT molecular complexity index is 1440. The summed E-state index contributed by atoms with van der Waals surface area (Å²) >= 11 is 0. The Balaban J connectivity index is 1.34. The first-order chi connectivity index (χ1) is 17.8. The van der Waals surface area contributed by atoms with Crippen LogP contribution in [0.1, 0.15) is 67.0 Å². The zero-order valence-corrected chi connectivity index (χ0v) is 21.4. The number of carbonyl (C=O) groups excluding carboxylic acids is 2. The number of furan rings is 1. The van der Waals surface area contributed by atoms with Crippen molar-refractivity contribution in [1.29, 1.82) is 0 Å². The monoisotopic (exact) mass is 493 g/mol. The third-order valence-electron chi connectivity index (χ3n) is 7.35. The molecular formula is C31H31N3O3. The molecule has 0 spiro atoms. The first-order valence-electron chi connectivity index (χ1n) is 12.9. The van der Waals surface area contributed by atoms with Gasteiger partial charge in [0.1, 0.15) is 18.3 Å². The number of amides is 2. The molecule has 0 saturated heterocycles. The molecule has 0 bridgehead atoms. The van der Waals surface area contributed by atoms with Gasteiger partial charge in [-0.3, -0.25) is 14.5 Å². The predicted molar refractivity (Wildman–Crippen MR) is 143 cm³/mol. The van der Waals surface area contributed by atoms with Crippen molar-refractivity contribution < 1.29 is 14.0 Å². The molecule has 6 nitrogen and oxygen atoms in total. The molecule has 4 aromatic rings. The van der Waals surface area contributed by atoms with Crippen LogP contribution in [-0.4, -0.2) is 33.9 Å². The molecular weight excluding hydrogens is 462 g/mol. The second-order valence-electron chi connectivity index (χ2n) is 11.0. The molecule has 1 unspecified atom stereocenters. The number of rotatable bonds is 5. The van der Waals surface area contributed by atoms with Crippen LogP contribution in [0.4, 0.5) is 5.69 Å². The van der Waals surface area contributed by atoms with Crippen molar-refractivity contribution >= 4 is 17.5 Å². The molecule has 1 atom stereocenters. The van der Waals surface area contributed by atoms with E-state index < -0.39 is 6.04 Å². The number of hydrogen-bond donors (Lipinski definition) is 0. The average molecular weight is 494 g/mol. The van der Waals surface area contributed by atoms with E-state index in [-0.39, 0.29) is 29.8 Å². The van der Waals surface area contributed by atoms with E-state index in [0.717, 1.165) is 29.9 Å². The molecule has 2 aromatic heterocycles. The molecule has 0 radical (unpaired) electrons. The average Bonchev–Trinajstić information content (AvgIpc) is 3.36. The summed E-state index contributed by atoms with van der Waals surface area (Å²) in [7, 11) is 0. The zero-order valence-electron chi connectivity index (χ0n) is 21.4. The molecule has 1 saturated carbocycles. The fraction of sp³-hybridized carbons (Fsp3) is 0.290. The number of nitrogens with zero attached hydrogens (tertiary/aromatic N) is 3. The minimum atomic E-state index is -0.422. The van der Waals surface area contributed by atoms with Gasteiger partial charge in [-0.25, -0.2) is 0 Å². The number of aromatic nitrogens is 1. The Kier molecular flexibility index (Phi) is 5.55. The lowest BCUT2D eigenvalue weighted by atomic mass is 9.86. The van der Waals surface area contributed by atoms with Gasteiger partial charge in [-0.2, -0.15) is 0 Å². The van der Waals surface area contributed by atoms with Crippen molar-refractivity contribution in [1.82, 2.24) is 9.47 Å². The van der Waals surface area contributed by atoms with E-state index in [2.05, 4.69) is 25.3 Å². The van der Waals surface area contributed by atoms with Crippen LogP contribution in [-0.2, 0) is 10.2 Å². The second-order valence-corrected chi connectivity index (χ2v) is 11.0. The van der Waals surface area contributed by atoms with E-state index in [4.69, 9.17) is 4.42 Å². The van der Waals surface area contributed by atoms with E-state index in [0.29, 0.717) is 11.3 Å². The topological polar surface area (TPSA) is 58.7 Å². The van der Waals surface area contributed by atoms with Crippen molar-refractivity contribution in [2.24, 2.45) is 0 Å². The molecule has 3 heterocycles. The molecule has 0 N–H and O–H groups in total. The van der Waals surface area contributed by atoms with E-state index in [1.807, 2.05) is 79.0 Å². The Hall–Kier alpha value is -4.06. The number of benzene rings is 2. The van der Waals surface area contributed by atoms with E-state index in [1.54, 1.807) is 16.1 Å². The molecule has 6 heteroatoms.